The number of carbonyl (C=O) groups is 4. The number of thioether (sulfide) groups is 1. The number of hydrogen-bond acceptors (Lipinski definition) is 6. The van der Waals surface area contributed by atoms with E-state index in [9.17, 15) is 24.3 Å². The fourth-order valence-electron chi connectivity index (χ4n) is 2.51. The van der Waals surface area contributed by atoms with Gasteiger partial charge in [0, 0.05) is 12.8 Å². The van der Waals surface area contributed by atoms with E-state index in [1.54, 1.807) is 30.3 Å². The van der Waals surface area contributed by atoms with Crippen LogP contribution in [0, 0.1) is 0 Å². The predicted octanol–water partition coefficient (Wildman–Crippen LogP) is 0.229. The smallest absolute Gasteiger partial charge is 0.326 e. The number of rotatable bonds is 13. The molecule has 29 heavy (non-hydrogen) atoms. The van der Waals surface area contributed by atoms with Crippen molar-refractivity contribution in [2.75, 3.05) is 12.0 Å². The quantitative estimate of drug-likeness (QED) is 0.300. The van der Waals surface area contributed by atoms with Crippen molar-refractivity contribution in [3.8, 4) is 0 Å². The molecule has 3 atom stereocenters. The summed E-state index contributed by atoms with van der Waals surface area (Å²) in [4.78, 5) is 47.3. The lowest BCUT2D eigenvalue weighted by Gasteiger charge is -2.22. The number of benzene rings is 1. The second kappa shape index (κ2) is 12.8. The van der Waals surface area contributed by atoms with Crippen LogP contribution in [0.1, 0.15) is 24.8 Å². The van der Waals surface area contributed by atoms with Crippen LogP contribution < -0.4 is 16.4 Å². The number of carboxylic acid groups (broad SMARTS) is 2. The van der Waals surface area contributed by atoms with Crippen molar-refractivity contribution in [1.82, 2.24) is 10.6 Å². The Labute approximate surface area is 173 Å². The molecule has 9 nitrogen and oxygen atoms in total. The zero-order valence-electron chi connectivity index (χ0n) is 16.2. The molecule has 2 amide bonds. The van der Waals surface area contributed by atoms with Crippen LogP contribution in [0.25, 0.3) is 0 Å². The van der Waals surface area contributed by atoms with Gasteiger partial charge in [0.1, 0.15) is 12.1 Å². The Kier molecular flexibility index (Phi) is 10.8. The normalized spacial score (nSPS) is 13.7. The van der Waals surface area contributed by atoms with Crippen molar-refractivity contribution in [1.29, 1.82) is 0 Å². The van der Waals surface area contributed by atoms with E-state index in [0.29, 0.717) is 17.7 Å². The zero-order chi connectivity index (χ0) is 21.8. The first-order chi connectivity index (χ1) is 13.7. The Hall–Kier alpha value is -2.59. The van der Waals surface area contributed by atoms with Crippen molar-refractivity contribution in [2.45, 2.75) is 43.8 Å². The Morgan fingerprint density at radius 1 is 1.00 bits per heavy atom. The molecular weight excluding hydrogens is 398 g/mol. The zero-order valence-corrected chi connectivity index (χ0v) is 17.0. The number of nitrogens with one attached hydrogen (secondary N) is 2. The fourth-order valence-corrected chi connectivity index (χ4v) is 3.00. The minimum atomic E-state index is -1.23. The van der Waals surface area contributed by atoms with Gasteiger partial charge in [0.15, 0.2) is 0 Å². The highest BCUT2D eigenvalue weighted by Gasteiger charge is 2.28. The molecule has 0 saturated carbocycles. The molecule has 0 aliphatic carbocycles. The van der Waals surface area contributed by atoms with Crippen molar-refractivity contribution < 1.29 is 29.4 Å². The van der Waals surface area contributed by atoms with Crippen molar-refractivity contribution in [2.24, 2.45) is 5.73 Å². The molecule has 160 valence electrons. The molecule has 0 aliphatic rings. The van der Waals surface area contributed by atoms with Gasteiger partial charge in [-0.05, 0) is 30.4 Å². The molecule has 0 aliphatic heterocycles. The van der Waals surface area contributed by atoms with Crippen LogP contribution in [0.2, 0.25) is 0 Å². The highest BCUT2D eigenvalue weighted by atomic mass is 32.2. The van der Waals surface area contributed by atoms with E-state index in [4.69, 9.17) is 10.8 Å². The molecule has 10 heteroatoms. The number of hydrogen-bond donors (Lipinski definition) is 5. The molecular formula is C19H27N3O6S. The highest BCUT2D eigenvalue weighted by Crippen LogP contribution is 2.06. The maximum Gasteiger partial charge on any atom is 0.326 e. The third kappa shape index (κ3) is 9.44. The van der Waals surface area contributed by atoms with Crippen LogP contribution in [0.5, 0.6) is 0 Å². The topological polar surface area (TPSA) is 159 Å². The van der Waals surface area contributed by atoms with E-state index < -0.39 is 41.9 Å². The molecule has 0 bridgehead atoms. The minimum absolute atomic E-state index is 0.0503. The summed E-state index contributed by atoms with van der Waals surface area (Å²) >= 11 is 1.52. The summed E-state index contributed by atoms with van der Waals surface area (Å²) in [7, 11) is 0. The summed E-state index contributed by atoms with van der Waals surface area (Å²) in [5.74, 6) is -3.07. The molecule has 6 N–H and O–H groups in total. The molecule has 0 fully saturated rings. The van der Waals surface area contributed by atoms with Crippen LogP contribution in [-0.2, 0) is 25.6 Å². The summed E-state index contributed by atoms with van der Waals surface area (Å²) in [6.07, 6.45) is 1.77. The maximum atomic E-state index is 12.6. The number of aliphatic carboxylic acids is 2. The molecule has 0 saturated heterocycles. The average molecular weight is 426 g/mol. The second-order valence-electron chi connectivity index (χ2n) is 6.47. The van der Waals surface area contributed by atoms with Gasteiger partial charge in [-0.1, -0.05) is 30.3 Å². The first kappa shape index (κ1) is 24.4. The summed E-state index contributed by atoms with van der Waals surface area (Å²) in [5, 5.41) is 23.2. The van der Waals surface area contributed by atoms with Crippen LogP contribution in [-0.4, -0.2) is 64.1 Å². The monoisotopic (exact) mass is 425 g/mol. The summed E-state index contributed by atoms with van der Waals surface area (Å²) in [6, 6.07) is 5.49. The summed E-state index contributed by atoms with van der Waals surface area (Å²) in [5.41, 5.74) is 6.51. The van der Waals surface area contributed by atoms with Crippen LogP contribution in [0.3, 0.4) is 0 Å². The van der Waals surface area contributed by atoms with Crippen molar-refractivity contribution >= 4 is 35.5 Å². The molecule has 0 radical (unpaired) electrons. The van der Waals surface area contributed by atoms with Gasteiger partial charge < -0.3 is 26.6 Å². The molecule has 1 aromatic carbocycles. The van der Waals surface area contributed by atoms with Gasteiger partial charge in [-0.3, -0.25) is 14.4 Å². The van der Waals surface area contributed by atoms with Gasteiger partial charge in [-0.15, -0.1) is 0 Å². The molecule has 0 spiro atoms. The molecule has 1 aromatic rings. The van der Waals surface area contributed by atoms with Gasteiger partial charge in [0.25, 0.3) is 0 Å². The Morgan fingerprint density at radius 3 is 2.17 bits per heavy atom. The third-order valence-electron chi connectivity index (χ3n) is 4.15. The lowest BCUT2D eigenvalue weighted by Crippen LogP contribution is -2.55. The van der Waals surface area contributed by atoms with E-state index in [2.05, 4.69) is 10.6 Å². The lowest BCUT2D eigenvalue weighted by molar-refractivity contribution is -0.143. The van der Waals surface area contributed by atoms with Gasteiger partial charge in [0.05, 0.1) is 6.04 Å². The molecule has 1 rings (SSSR count). The SMILES string of the molecule is CSCCC(N)C(=O)NC(CCC(=O)O)C(=O)NC(Cc1ccccc1)C(=O)O. The highest BCUT2D eigenvalue weighted by molar-refractivity contribution is 7.98. The Balaban J connectivity index is 2.83. The van der Waals surface area contributed by atoms with Gasteiger partial charge in [0.2, 0.25) is 11.8 Å². The van der Waals surface area contributed by atoms with Gasteiger partial charge in [-0.25, -0.2) is 4.79 Å². The first-order valence-electron chi connectivity index (χ1n) is 9.08. The minimum Gasteiger partial charge on any atom is -0.481 e. The maximum absolute atomic E-state index is 12.6. The largest absolute Gasteiger partial charge is 0.481 e. The lowest BCUT2D eigenvalue weighted by atomic mass is 10.0. The number of carbonyl (C=O) groups excluding carboxylic acids is 2. The van der Waals surface area contributed by atoms with E-state index in [0.717, 1.165) is 0 Å². The number of nitrogens with two attached hydrogens (primary N) is 1. The first-order valence-corrected chi connectivity index (χ1v) is 10.5. The van der Waals surface area contributed by atoms with Gasteiger partial charge >= 0.3 is 11.9 Å². The van der Waals surface area contributed by atoms with Gasteiger partial charge in [-0.2, -0.15) is 11.8 Å². The van der Waals surface area contributed by atoms with Crippen LogP contribution in [0.15, 0.2) is 30.3 Å². The van der Waals surface area contributed by atoms with E-state index in [1.807, 2.05) is 6.26 Å². The number of carboxylic acids is 2. The van der Waals surface area contributed by atoms with Crippen molar-refractivity contribution in [3.63, 3.8) is 0 Å². The second-order valence-corrected chi connectivity index (χ2v) is 7.46. The molecule has 0 heterocycles. The Morgan fingerprint density at radius 2 is 1.62 bits per heavy atom. The van der Waals surface area contributed by atoms with E-state index in [1.165, 1.54) is 11.8 Å². The molecule has 3 unspecified atom stereocenters. The average Bonchev–Trinajstić information content (AvgIpc) is 2.68. The standard InChI is InChI=1S/C19H27N3O6S/c1-29-10-9-13(20)17(25)21-14(7-8-16(23)24)18(26)22-15(19(27)28)11-12-5-3-2-4-6-12/h2-6,13-15H,7-11,20H2,1H3,(H,21,25)(H,22,26)(H,23,24)(H,27,28). The fraction of sp³-hybridized carbons (Fsp3) is 0.474. The summed E-state index contributed by atoms with van der Waals surface area (Å²) in [6.45, 7) is 0. The third-order valence-corrected chi connectivity index (χ3v) is 4.79. The van der Waals surface area contributed by atoms with Crippen molar-refractivity contribution in [3.05, 3.63) is 35.9 Å². The Bertz CT molecular complexity index is 700. The van der Waals surface area contributed by atoms with Crippen LogP contribution in [0.4, 0.5) is 0 Å². The summed E-state index contributed by atoms with van der Waals surface area (Å²) < 4.78 is 0. The number of amides is 2. The molecule has 0 aromatic heterocycles. The van der Waals surface area contributed by atoms with E-state index >= 15 is 0 Å². The predicted molar refractivity (Wildman–Crippen MR) is 109 cm³/mol. The van der Waals surface area contributed by atoms with E-state index in [-0.39, 0.29) is 19.3 Å². The van der Waals surface area contributed by atoms with Crippen LogP contribution >= 0.6 is 11.8 Å².